The number of nitrogens with zero attached hydrogens (tertiary/aromatic N) is 2. The van der Waals surface area contributed by atoms with Crippen molar-refractivity contribution in [3.63, 3.8) is 0 Å². The lowest BCUT2D eigenvalue weighted by Gasteiger charge is -2.16. The van der Waals surface area contributed by atoms with Gasteiger partial charge in [-0.05, 0) is 39.3 Å². The van der Waals surface area contributed by atoms with E-state index in [1.54, 1.807) is 0 Å². The summed E-state index contributed by atoms with van der Waals surface area (Å²) in [5.41, 5.74) is 3.29. The molecular weight excluding hydrogens is 272 g/mol. The summed E-state index contributed by atoms with van der Waals surface area (Å²) >= 11 is 1.36. The molecule has 0 spiro atoms. The second-order valence-corrected chi connectivity index (χ2v) is 5.98. The quantitative estimate of drug-likeness (QED) is 0.908. The monoisotopic (exact) mass is 290 g/mol. The van der Waals surface area contributed by atoms with E-state index >= 15 is 0 Å². The third-order valence-corrected chi connectivity index (χ3v) is 3.66. The summed E-state index contributed by atoms with van der Waals surface area (Å²) in [6.45, 7) is 7.74. The van der Waals surface area contributed by atoms with Crippen LogP contribution >= 0.6 is 11.3 Å². The topological polar surface area (TPSA) is 66.9 Å². The predicted octanol–water partition coefficient (Wildman–Crippen LogP) is 2.90. The highest BCUT2D eigenvalue weighted by atomic mass is 32.1. The van der Waals surface area contributed by atoms with Crippen molar-refractivity contribution in [2.24, 2.45) is 0 Å². The highest BCUT2D eigenvalue weighted by Gasteiger charge is 2.15. The maximum Gasteiger partial charge on any atom is 0.248 e. The molecule has 5 nitrogen and oxygen atoms in total. The van der Waals surface area contributed by atoms with Crippen LogP contribution in [0.5, 0.6) is 0 Å². The van der Waals surface area contributed by atoms with Crippen molar-refractivity contribution in [2.45, 2.75) is 33.7 Å². The third-order valence-electron chi connectivity index (χ3n) is 2.90. The summed E-state index contributed by atoms with van der Waals surface area (Å²) in [6, 6.07) is 5.75. The van der Waals surface area contributed by atoms with E-state index < -0.39 is 0 Å². The molecule has 0 radical (unpaired) electrons. The average molecular weight is 290 g/mol. The summed E-state index contributed by atoms with van der Waals surface area (Å²) < 4.78 is 0. The molecular formula is C14H18N4OS. The van der Waals surface area contributed by atoms with Gasteiger partial charge >= 0.3 is 0 Å². The maximum atomic E-state index is 12.1. The van der Waals surface area contributed by atoms with Gasteiger partial charge in [0.05, 0.1) is 0 Å². The molecule has 0 saturated heterocycles. The van der Waals surface area contributed by atoms with Gasteiger partial charge in [-0.25, -0.2) is 0 Å². The lowest BCUT2D eigenvalue weighted by Crippen LogP contribution is -2.32. The fourth-order valence-electron chi connectivity index (χ4n) is 1.84. The van der Waals surface area contributed by atoms with Crippen molar-refractivity contribution in [3.8, 4) is 0 Å². The van der Waals surface area contributed by atoms with E-state index in [-0.39, 0.29) is 11.9 Å². The zero-order chi connectivity index (χ0) is 14.7. The van der Waals surface area contributed by atoms with Gasteiger partial charge in [0.2, 0.25) is 11.0 Å². The van der Waals surface area contributed by atoms with Crippen molar-refractivity contribution in [1.29, 1.82) is 0 Å². The van der Waals surface area contributed by atoms with Crippen LogP contribution < -0.4 is 10.6 Å². The van der Waals surface area contributed by atoms with Crippen LogP contribution in [0.25, 0.3) is 0 Å². The van der Waals surface area contributed by atoms with Crippen LogP contribution in [0.3, 0.4) is 0 Å². The first-order chi connectivity index (χ1) is 9.45. The van der Waals surface area contributed by atoms with E-state index in [0.717, 1.165) is 16.3 Å². The molecule has 2 N–H and O–H groups in total. The minimum absolute atomic E-state index is 0.124. The minimum Gasteiger partial charge on any atom is -0.374 e. The molecule has 20 heavy (non-hydrogen) atoms. The Morgan fingerprint density at radius 3 is 2.60 bits per heavy atom. The second-order valence-electron chi connectivity index (χ2n) is 4.80. The smallest absolute Gasteiger partial charge is 0.248 e. The van der Waals surface area contributed by atoms with Crippen LogP contribution in [0.4, 0.5) is 10.8 Å². The van der Waals surface area contributed by atoms with E-state index in [0.29, 0.717) is 5.13 Å². The molecule has 0 bridgehead atoms. The Morgan fingerprint density at radius 1 is 1.25 bits per heavy atom. The fourth-order valence-corrected chi connectivity index (χ4v) is 2.43. The molecule has 1 atom stereocenters. The maximum absolute atomic E-state index is 12.1. The van der Waals surface area contributed by atoms with Crippen LogP contribution in [0, 0.1) is 20.8 Å². The number of aryl methyl sites for hydroxylation is 3. The number of rotatable bonds is 4. The molecule has 1 heterocycles. The number of carbonyl (C=O) groups is 1. The fraction of sp³-hybridized carbons (Fsp3) is 0.357. The Hall–Kier alpha value is -1.95. The molecule has 0 fully saturated rings. The molecule has 2 rings (SSSR count). The molecule has 0 unspecified atom stereocenters. The number of nitrogens with one attached hydrogen (secondary N) is 2. The average Bonchev–Trinajstić information content (AvgIpc) is 2.78. The number of aromatic nitrogens is 2. The number of anilines is 2. The Balaban J connectivity index is 2.00. The zero-order valence-electron chi connectivity index (χ0n) is 12.0. The first kappa shape index (κ1) is 14.5. The number of carbonyl (C=O) groups excluding carboxylic acids is 1. The number of amides is 1. The van der Waals surface area contributed by atoms with Crippen molar-refractivity contribution in [1.82, 2.24) is 10.2 Å². The van der Waals surface area contributed by atoms with Crippen LogP contribution in [0.1, 0.15) is 23.1 Å². The van der Waals surface area contributed by atoms with E-state index in [9.17, 15) is 4.79 Å². The summed E-state index contributed by atoms with van der Waals surface area (Å²) in [4.78, 5) is 12.1. The van der Waals surface area contributed by atoms with Gasteiger partial charge in [-0.3, -0.25) is 10.1 Å². The molecule has 0 aliphatic heterocycles. The standard InChI is InChI=1S/C14H18N4OS/c1-8-5-6-12(9(2)7-8)15-10(3)13(19)16-14-18-17-11(4)20-14/h5-7,10,15H,1-4H3,(H,16,18,19)/t10-/m1/s1. The molecule has 1 aromatic carbocycles. The first-order valence-corrected chi connectivity index (χ1v) is 7.22. The Morgan fingerprint density at radius 2 is 2.00 bits per heavy atom. The molecule has 2 aromatic rings. The van der Waals surface area contributed by atoms with E-state index in [1.165, 1.54) is 16.9 Å². The molecule has 0 aliphatic carbocycles. The number of hydrogen-bond acceptors (Lipinski definition) is 5. The van der Waals surface area contributed by atoms with Gasteiger partial charge in [0.15, 0.2) is 0 Å². The molecule has 106 valence electrons. The minimum atomic E-state index is -0.347. The molecule has 1 amide bonds. The number of hydrogen-bond donors (Lipinski definition) is 2. The van der Waals surface area contributed by atoms with Crippen LogP contribution in [-0.4, -0.2) is 22.1 Å². The Bertz CT molecular complexity index is 623. The van der Waals surface area contributed by atoms with E-state index in [4.69, 9.17) is 0 Å². The van der Waals surface area contributed by atoms with Gasteiger partial charge in [0, 0.05) is 5.69 Å². The van der Waals surface area contributed by atoms with Gasteiger partial charge < -0.3 is 5.32 Å². The lowest BCUT2D eigenvalue weighted by atomic mass is 10.1. The molecule has 1 aromatic heterocycles. The van der Waals surface area contributed by atoms with Crippen LogP contribution in [0.15, 0.2) is 18.2 Å². The Labute approximate surface area is 122 Å². The second kappa shape index (κ2) is 6.00. The third kappa shape index (κ3) is 3.54. The van der Waals surface area contributed by atoms with Crippen LogP contribution in [-0.2, 0) is 4.79 Å². The highest BCUT2D eigenvalue weighted by molar-refractivity contribution is 7.15. The van der Waals surface area contributed by atoms with Crippen molar-refractivity contribution < 1.29 is 4.79 Å². The highest BCUT2D eigenvalue weighted by Crippen LogP contribution is 2.18. The predicted molar refractivity (Wildman–Crippen MR) is 82.3 cm³/mol. The molecule has 0 saturated carbocycles. The Kier molecular flexibility index (Phi) is 4.34. The van der Waals surface area contributed by atoms with Crippen molar-refractivity contribution in [2.75, 3.05) is 10.6 Å². The van der Waals surface area contributed by atoms with Gasteiger partial charge in [0.1, 0.15) is 11.0 Å². The summed E-state index contributed by atoms with van der Waals surface area (Å²) in [7, 11) is 0. The number of benzene rings is 1. The van der Waals surface area contributed by atoms with Gasteiger partial charge in [-0.15, -0.1) is 10.2 Å². The van der Waals surface area contributed by atoms with E-state index in [1.807, 2.05) is 39.8 Å². The summed E-state index contributed by atoms with van der Waals surface area (Å²) in [5.74, 6) is -0.124. The summed E-state index contributed by atoms with van der Waals surface area (Å²) in [6.07, 6.45) is 0. The van der Waals surface area contributed by atoms with E-state index in [2.05, 4.69) is 26.9 Å². The van der Waals surface area contributed by atoms with Crippen LogP contribution in [0.2, 0.25) is 0 Å². The summed E-state index contributed by atoms with van der Waals surface area (Å²) in [5, 5.41) is 15.1. The first-order valence-electron chi connectivity index (χ1n) is 6.40. The SMILES string of the molecule is Cc1ccc(N[C@H](C)C(=O)Nc2nnc(C)s2)c(C)c1. The van der Waals surface area contributed by atoms with Crippen molar-refractivity contribution >= 4 is 28.1 Å². The zero-order valence-corrected chi connectivity index (χ0v) is 12.8. The van der Waals surface area contributed by atoms with Gasteiger partial charge in [-0.2, -0.15) is 0 Å². The van der Waals surface area contributed by atoms with Gasteiger partial charge in [0.25, 0.3) is 0 Å². The van der Waals surface area contributed by atoms with Gasteiger partial charge in [-0.1, -0.05) is 29.0 Å². The molecule has 6 heteroatoms. The van der Waals surface area contributed by atoms with Crippen molar-refractivity contribution in [3.05, 3.63) is 34.3 Å². The normalized spacial score (nSPS) is 12.0. The largest absolute Gasteiger partial charge is 0.374 e. The molecule has 0 aliphatic rings. The lowest BCUT2D eigenvalue weighted by molar-refractivity contribution is -0.116.